The fraction of sp³-hybridized carbons (Fsp3) is 0.250. The number of hydrogen-bond acceptors (Lipinski definition) is 1. The van der Waals surface area contributed by atoms with Crippen molar-refractivity contribution in [2.24, 2.45) is 0 Å². The van der Waals surface area contributed by atoms with Crippen molar-refractivity contribution in [1.82, 2.24) is 5.32 Å². The molecule has 0 aromatic heterocycles. The Bertz CT molecular complexity index is 364. The van der Waals surface area contributed by atoms with Gasteiger partial charge in [-0.2, -0.15) is 0 Å². The van der Waals surface area contributed by atoms with E-state index >= 15 is 0 Å². The fourth-order valence-electron chi connectivity index (χ4n) is 1.06. The Kier molecular flexibility index (Phi) is 5.35. The predicted molar refractivity (Wildman–Crippen MR) is 61.4 cm³/mol. The van der Waals surface area contributed by atoms with Gasteiger partial charge in [-0.05, 0) is 12.0 Å². The molecule has 0 aliphatic carbocycles. The Morgan fingerprint density at radius 3 is 2.73 bits per heavy atom. The van der Waals surface area contributed by atoms with Crippen LogP contribution in [0.2, 0.25) is 0 Å². The third kappa shape index (κ3) is 5.09. The monoisotopic (exact) mass is 221 g/mol. The average molecular weight is 222 g/mol. The maximum atomic E-state index is 10.7. The van der Waals surface area contributed by atoms with Gasteiger partial charge in [0, 0.05) is 12.5 Å². The zero-order valence-electron chi connectivity index (χ0n) is 8.29. The van der Waals surface area contributed by atoms with Crippen LogP contribution in [0.3, 0.4) is 0 Å². The van der Waals surface area contributed by atoms with Crippen molar-refractivity contribution in [1.29, 1.82) is 0 Å². The van der Waals surface area contributed by atoms with E-state index in [-0.39, 0.29) is 11.8 Å². The van der Waals surface area contributed by atoms with Gasteiger partial charge in [-0.1, -0.05) is 36.3 Å². The Morgan fingerprint density at radius 2 is 2.07 bits per heavy atom. The number of carbonyl (C=O) groups is 1. The van der Waals surface area contributed by atoms with Crippen molar-refractivity contribution >= 4 is 17.5 Å². The molecule has 15 heavy (non-hydrogen) atoms. The Labute approximate surface area is 94.6 Å². The minimum absolute atomic E-state index is 0.0482. The van der Waals surface area contributed by atoms with E-state index in [9.17, 15) is 4.79 Å². The van der Waals surface area contributed by atoms with E-state index in [0.29, 0.717) is 0 Å². The zero-order valence-corrected chi connectivity index (χ0v) is 9.05. The minimum Gasteiger partial charge on any atom is -0.284 e. The molecule has 0 saturated heterocycles. The maximum Gasteiger partial charge on any atom is 0.246 e. The normalized spacial score (nSPS) is 8.87. The number of nitrogens with one attached hydrogen (secondary N) is 1. The van der Waals surface area contributed by atoms with Crippen molar-refractivity contribution in [2.45, 2.75) is 12.8 Å². The van der Waals surface area contributed by atoms with Crippen LogP contribution in [0.15, 0.2) is 30.3 Å². The van der Waals surface area contributed by atoms with Gasteiger partial charge in [-0.15, -0.1) is 11.6 Å². The van der Waals surface area contributed by atoms with Crippen LogP contribution in [0.5, 0.6) is 0 Å². The molecular weight excluding hydrogens is 210 g/mol. The van der Waals surface area contributed by atoms with E-state index in [2.05, 4.69) is 29.4 Å². The largest absolute Gasteiger partial charge is 0.284 e. The minimum atomic E-state index is -0.260. The fourth-order valence-corrected chi connectivity index (χ4v) is 1.13. The van der Waals surface area contributed by atoms with Gasteiger partial charge in [0.2, 0.25) is 5.91 Å². The van der Waals surface area contributed by atoms with Crippen molar-refractivity contribution in [3.8, 4) is 12.0 Å². The molecule has 0 aliphatic rings. The summed E-state index contributed by atoms with van der Waals surface area (Å²) in [5.41, 5.74) is 1.25. The molecule has 1 N–H and O–H groups in total. The molecule has 0 saturated carbocycles. The topological polar surface area (TPSA) is 29.1 Å². The van der Waals surface area contributed by atoms with E-state index < -0.39 is 0 Å². The lowest BCUT2D eigenvalue weighted by molar-refractivity contribution is -0.117. The summed E-state index contributed by atoms with van der Waals surface area (Å²) in [5, 5.41) is 2.39. The van der Waals surface area contributed by atoms with Crippen LogP contribution < -0.4 is 5.32 Å². The van der Waals surface area contributed by atoms with E-state index in [1.54, 1.807) is 0 Å². The molecule has 1 rings (SSSR count). The highest BCUT2D eigenvalue weighted by atomic mass is 35.5. The number of halogens is 1. The first kappa shape index (κ1) is 11.6. The van der Waals surface area contributed by atoms with Gasteiger partial charge in [-0.3, -0.25) is 10.1 Å². The predicted octanol–water partition coefficient (Wildman–Crippen LogP) is 1.94. The van der Waals surface area contributed by atoms with Crippen molar-refractivity contribution < 1.29 is 4.79 Å². The van der Waals surface area contributed by atoms with Crippen molar-refractivity contribution in [3.05, 3.63) is 35.9 Å². The van der Waals surface area contributed by atoms with Crippen LogP contribution in [0.1, 0.15) is 12.0 Å². The van der Waals surface area contributed by atoms with Crippen LogP contribution >= 0.6 is 11.6 Å². The summed E-state index contributed by atoms with van der Waals surface area (Å²) in [4.78, 5) is 10.7. The molecule has 3 heteroatoms. The van der Waals surface area contributed by atoms with Crippen LogP contribution in [0.4, 0.5) is 0 Å². The molecule has 1 aromatic carbocycles. The van der Waals surface area contributed by atoms with Gasteiger partial charge in [-0.25, -0.2) is 0 Å². The molecule has 0 bridgehead atoms. The molecule has 0 radical (unpaired) electrons. The van der Waals surface area contributed by atoms with Gasteiger partial charge >= 0.3 is 0 Å². The van der Waals surface area contributed by atoms with Gasteiger partial charge in [0.15, 0.2) is 0 Å². The van der Waals surface area contributed by atoms with Crippen molar-refractivity contribution in [3.63, 3.8) is 0 Å². The van der Waals surface area contributed by atoms with Gasteiger partial charge in [0.25, 0.3) is 0 Å². The molecule has 0 spiro atoms. The molecule has 0 atom stereocenters. The molecule has 0 unspecified atom stereocenters. The van der Waals surface area contributed by atoms with E-state index in [1.807, 2.05) is 18.2 Å². The summed E-state index contributed by atoms with van der Waals surface area (Å²) in [6, 6.07) is 12.7. The molecular formula is C12H12ClNO. The van der Waals surface area contributed by atoms with Gasteiger partial charge in [0.05, 0.1) is 0 Å². The summed E-state index contributed by atoms with van der Waals surface area (Å²) in [6.45, 7) is 0. The SMILES string of the molecule is O=C(CCl)NC#CCCc1ccccc1. The number of carbonyl (C=O) groups excluding carboxylic acids is 1. The number of aryl methyl sites for hydroxylation is 1. The number of hydrogen-bond donors (Lipinski definition) is 1. The smallest absolute Gasteiger partial charge is 0.246 e. The Hall–Kier alpha value is -1.46. The lowest BCUT2D eigenvalue weighted by Gasteiger charge is -1.94. The molecule has 0 fully saturated rings. The summed E-state index contributed by atoms with van der Waals surface area (Å²) in [6.07, 6.45) is 1.62. The first-order chi connectivity index (χ1) is 7.33. The third-order valence-corrected chi connectivity index (χ3v) is 2.04. The first-order valence-corrected chi connectivity index (χ1v) is 5.23. The first-order valence-electron chi connectivity index (χ1n) is 4.69. The van der Waals surface area contributed by atoms with E-state index in [1.165, 1.54) is 5.56 Å². The Balaban J connectivity index is 2.24. The summed E-state index contributed by atoms with van der Waals surface area (Å²) in [5.74, 6) is 2.55. The Morgan fingerprint density at radius 1 is 1.33 bits per heavy atom. The highest BCUT2D eigenvalue weighted by molar-refractivity contribution is 6.27. The number of benzene rings is 1. The summed E-state index contributed by atoms with van der Waals surface area (Å²) in [7, 11) is 0. The van der Waals surface area contributed by atoms with Crippen LogP contribution in [0, 0.1) is 12.0 Å². The quantitative estimate of drug-likeness (QED) is 0.472. The third-order valence-electron chi connectivity index (χ3n) is 1.79. The number of alkyl halides is 1. The zero-order chi connectivity index (χ0) is 10.9. The molecule has 78 valence electrons. The number of rotatable bonds is 3. The second-order valence-corrected chi connectivity index (χ2v) is 3.24. The van der Waals surface area contributed by atoms with E-state index in [4.69, 9.17) is 11.6 Å². The molecule has 0 heterocycles. The van der Waals surface area contributed by atoms with Crippen LogP contribution in [-0.2, 0) is 11.2 Å². The highest BCUT2D eigenvalue weighted by Gasteiger charge is 1.91. The van der Waals surface area contributed by atoms with Crippen molar-refractivity contribution in [2.75, 3.05) is 5.88 Å². The lowest BCUT2D eigenvalue weighted by atomic mass is 10.1. The highest BCUT2D eigenvalue weighted by Crippen LogP contribution is 2.00. The van der Waals surface area contributed by atoms with E-state index in [0.717, 1.165) is 12.8 Å². The van der Waals surface area contributed by atoms with Crippen LogP contribution in [0.25, 0.3) is 0 Å². The second kappa shape index (κ2) is 6.92. The maximum absolute atomic E-state index is 10.7. The van der Waals surface area contributed by atoms with Gasteiger partial charge < -0.3 is 0 Å². The summed E-state index contributed by atoms with van der Waals surface area (Å²) >= 11 is 5.28. The molecule has 1 amide bonds. The molecule has 0 aliphatic heterocycles. The lowest BCUT2D eigenvalue weighted by Crippen LogP contribution is -2.18. The number of amides is 1. The summed E-state index contributed by atoms with van der Waals surface area (Å²) < 4.78 is 0. The van der Waals surface area contributed by atoms with Gasteiger partial charge in [0.1, 0.15) is 5.88 Å². The average Bonchev–Trinajstić information content (AvgIpc) is 2.29. The second-order valence-electron chi connectivity index (χ2n) is 2.97. The molecule has 2 nitrogen and oxygen atoms in total. The molecule has 1 aromatic rings. The standard InChI is InChI=1S/C12H12ClNO/c13-10-12(15)14-9-5-4-8-11-6-2-1-3-7-11/h1-3,6-7H,4,8,10H2,(H,14,15). The van der Waals surface area contributed by atoms with Crippen LogP contribution in [-0.4, -0.2) is 11.8 Å².